The Labute approximate surface area is 93.1 Å². The molecule has 0 saturated heterocycles. The molecule has 0 aromatic carbocycles. The smallest absolute Gasteiger partial charge is 0.382 e. The van der Waals surface area contributed by atoms with Crippen LogP contribution in [0.25, 0.3) is 0 Å². The lowest BCUT2D eigenvalue weighted by Crippen LogP contribution is -2.45. The average molecular weight is 241 g/mol. The summed E-state index contributed by atoms with van der Waals surface area (Å²) < 4.78 is 47.5. The lowest BCUT2D eigenvalue weighted by molar-refractivity contribution is -0.190. The Kier molecular flexibility index (Phi) is 5.01. The fourth-order valence-corrected chi connectivity index (χ4v) is 1.96. The van der Waals surface area contributed by atoms with Gasteiger partial charge in [-0.05, 0) is 19.3 Å². The lowest BCUT2D eigenvalue weighted by atomic mass is 9.84. The van der Waals surface area contributed by atoms with E-state index in [1.165, 1.54) is 0 Å². The van der Waals surface area contributed by atoms with Crippen LogP contribution in [0, 0.1) is 5.92 Å². The molecule has 0 aromatic heterocycles. The van der Waals surface area contributed by atoms with E-state index in [0.29, 0.717) is 19.6 Å². The zero-order valence-corrected chi connectivity index (χ0v) is 9.30. The third-order valence-electron chi connectivity index (χ3n) is 2.92. The van der Waals surface area contributed by atoms with E-state index in [0.717, 1.165) is 0 Å². The van der Waals surface area contributed by atoms with Gasteiger partial charge in [0.15, 0.2) is 0 Å². The first kappa shape index (κ1) is 13.7. The van der Waals surface area contributed by atoms with Crippen LogP contribution in [-0.4, -0.2) is 38.6 Å². The van der Waals surface area contributed by atoms with E-state index >= 15 is 0 Å². The third-order valence-corrected chi connectivity index (χ3v) is 2.92. The van der Waals surface area contributed by atoms with Crippen LogP contribution in [0.1, 0.15) is 19.3 Å². The minimum absolute atomic E-state index is 0.0405. The van der Waals surface area contributed by atoms with Gasteiger partial charge in [-0.1, -0.05) is 0 Å². The minimum Gasteiger partial charge on any atom is -0.382 e. The Hall–Kier alpha value is -0.330. The molecule has 0 spiro atoms. The lowest BCUT2D eigenvalue weighted by Gasteiger charge is -2.34. The number of hydrogen-bond donors (Lipinski definition) is 1. The zero-order valence-electron chi connectivity index (χ0n) is 9.30. The summed E-state index contributed by atoms with van der Waals surface area (Å²) in [5, 5.41) is 0. The van der Waals surface area contributed by atoms with Crippen molar-refractivity contribution in [1.29, 1.82) is 0 Å². The number of methoxy groups -OCH3 is 1. The number of ether oxygens (including phenoxy) is 2. The van der Waals surface area contributed by atoms with E-state index in [9.17, 15) is 13.2 Å². The van der Waals surface area contributed by atoms with E-state index in [1.54, 1.807) is 7.11 Å². The first-order valence-electron chi connectivity index (χ1n) is 5.38. The van der Waals surface area contributed by atoms with Crippen LogP contribution in [0.15, 0.2) is 0 Å². The molecule has 1 aliphatic carbocycles. The van der Waals surface area contributed by atoms with Crippen molar-refractivity contribution >= 4 is 0 Å². The Morgan fingerprint density at radius 1 is 1.25 bits per heavy atom. The van der Waals surface area contributed by atoms with Crippen molar-refractivity contribution in [3.8, 4) is 0 Å². The van der Waals surface area contributed by atoms with E-state index in [4.69, 9.17) is 15.2 Å². The van der Waals surface area contributed by atoms with Gasteiger partial charge in [-0.2, -0.15) is 13.2 Å². The highest BCUT2D eigenvalue weighted by Gasteiger charge is 2.44. The predicted molar refractivity (Wildman–Crippen MR) is 53.0 cm³/mol. The first-order valence-corrected chi connectivity index (χ1v) is 5.38. The number of hydrogen-bond acceptors (Lipinski definition) is 3. The summed E-state index contributed by atoms with van der Waals surface area (Å²) >= 11 is 0. The monoisotopic (exact) mass is 241 g/mol. The molecule has 1 saturated carbocycles. The largest absolute Gasteiger partial charge is 0.391 e. The van der Waals surface area contributed by atoms with Crippen molar-refractivity contribution in [3.63, 3.8) is 0 Å². The molecule has 16 heavy (non-hydrogen) atoms. The molecular formula is C10H18F3NO2. The molecule has 0 radical (unpaired) electrons. The quantitative estimate of drug-likeness (QED) is 0.762. The van der Waals surface area contributed by atoms with Crippen LogP contribution in [0.5, 0.6) is 0 Å². The number of alkyl halides is 3. The van der Waals surface area contributed by atoms with E-state index in [-0.39, 0.29) is 18.9 Å². The summed E-state index contributed by atoms with van der Waals surface area (Å²) in [5.74, 6) is -1.27. The van der Waals surface area contributed by atoms with E-state index in [1.807, 2.05) is 0 Å². The van der Waals surface area contributed by atoms with Gasteiger partial charge in [-0.25, -0.2) is 0 Å². The Bertz CT molecular complexity index is 211. The molecule has 0 amide bonds. The normalized spacial score (nSPS) is 31.7. The molecule has 3 nitrogen and oxygen atoms in total. The molecule has 2 N–H and O–H groups in total. The van der Waals surface area contributed by atoms with Crippen LogP contribution in [0.4, 0.5) is 13.2 Å². The van der Waals surface area contributed by atoms with Crippen molar-refractivity contribution in [2.24, 2.45) is 11.7 Å². The van der Waals surface area contributed by atoms with Crippen LogP contribution >= 0.6 is 0 Å². The van der Waals surface area contributed by atoms with Gasteiger partial charge in [0.2, 0.25) is 0 Å². The second kappa shape index (κ2) is 5.84. The molecule has 96 valence electrons. The number of nitrogens with two attached hydrogens (primary N) is 1. The number of rotatable bonds is 4. The topological polar surface area (TPSA) is 44.5 Å². The summed E-state index contributed by atoms with van der Waals surface area (Å²) in [6, 6.07) is -0.530. The van der Waals surface area contributed by atoms with Gasteiger partial charge in [-0.3, -0.25) is 0 Å². The molecule has 0 unspecified atom stereocenters. The van der Waals surface area contributed by atoms with Crippen molar-refractivity contribution in [2.45, 2.75) is 37.6 Å². The third kappa shape index (κ3) is 3.92. The molecule has 3 atom stereocenters. The fraction of sp³-hybridized carbons (Fsp3) is 1.00. The summed E-state index contributed by atoms with van der Waals surface area (Å²) in [7, 11) is 1.55. The Morgan fingerprint density at radius 2 is 1.94 bits per heavy atom. The highest BCUT2D eigenvalue weighted by molar-refractivity contribution is 4.86. The highest BCUT2D eigenvalue weighted by Crippen LogP contribution is 2.37. The van der Waals surface area contributed by atoms with Gasteiger partial charge < -0.3 is 15.2 Å². The number of halogens is 3. The van der Waals surface area contributed by atoms with E-state index in [2.05, 4.69) is 0 Å². The molecule has 1 aliphatic rings. The maximum atomic E-state index is 12.4. The summed E-state index contributed by atoms with van der Waals surface area (Å²) in [6.45, 7) is 0.817. The standard InChI is InChI=1S/C10H18F3NO2/c1-15-4-5-16-9-3-2-7(6-8(9)14)10(11,12)13/h7-9H,2-6,14H2,1H3/t7-,8+,9+/m1/s1. The van der Waals surface area contributed by atoms with Gasteiger partial charge >= 0.3 is 6.18 Å². The molecule has 0 heterocycles. The maximum Gasteiger partial charge on any atom is 0.391 e. The van der Waals surface area contributed by atoms with Crippen molar-refractivity contribution < 1.29 is 22.6 Å². The van der Waals surface area contributed by atoms with Crippen molar-refractivity contribution in [3.05, 3.63) is 0 Å². The molecule has 1 fully saturated rings. The molecular weight excluding hydrogens is 223 g/mol. The second-order valence-electron chi connectivity index (χ2n) is 4.12. The highest BCUT2D eigenvalue weighted by atomic mass is 19.4. The first-order chi connectivity index (χ1) is 7.45. The van der Waals surface area contributed by atoms with Crippen LogP contribution < -0.4 is 5.73 Å². The van der Waals surface area contributed by atoms with Crippen LogP contribution in [0.3, 0.4) is 0 Å². The average Bonchev–Trinajstić information content (AvgIpc) is 2.19. The summed E-state index contributed by atoms with van der Waals surface area (Å²) in [4.78, 5) is 0. The Balaban J connectivity index is 2.34. The molecule has 0 aliphatic heterocycles. The van der Waals surface area contributed by atoms with Gasteiger partial charge in [0.25, 0.3) is 0 Å². The van der Waals surface area contributed by atoms with Gasteiger partial charge in [0.05, 0.1) is 25.2 Å². The Morgan fingerprint density at radius 3 is 2.44 bits per heavy atom. The summed E-state index contributed by atoms with van der Waals surface area (Å²) in [6.07, 6.45) is -3.96. The molecule has 1 rings (SSSR count). The zero-order chi connectivity index (χ0) is 12.2. The van der Waals surface area contributed by atoms with Crippen molar-refractivity contribution in [2.75, 3.05) is 20.3 Å². The maximum absolute atomic E-state index is 12.4. The van der Waals surface area contributed by atoms with Gasteiger partial charge in [0.1, 0.15) is 0 Å². The van der Waals surface area contributed by atoms with Gasteiger partial charge in [-0.15, -0.1) is 0 Å². The van der Waals surface area contributed by atoms with Crippen molar-refractivity contribution in [1.82, 2.24) is 0 Å². The fourth-order valence-electron chi connectivity index (χ4n) is 1.96. The van der Waals surface area contributed by atoms with Crippen LogP contribution in [0.2, 0.25) is 0 Å². The molecule has 0 aromatic rings. The minimum atomic E-state index is -4.13. The van der Waals surface area contributed by atoms with Crippen LogP contribution in [-0.2, 0) is 9.47 Å². The van der Waals surface area contributed by atoms with E-state index < -0.39 is 18.1 Å². The SMILES string of the molecule is COCCO[C@H]1CC[C@@H](C(F)(F)F)C[C@@H]1N. The predicted octanol–water partition coefficient (Wildman–Crippen LogP) is 1.71. The molecule has 6 heteroatoms. The van der Waals surface area contributed by atoms with Gasteiger partial charge in [0, 0.05) is 13.2 Å². The second-order valence-corrected chi connectivity index (χ2v) is 4.12. The summed E-state index contributed by atoms with van der Waals surface area (Å²) in [5.41, 5.74) is 5.68. The molecule has 0 bridgehead atoms.